The number of alkyl halides is 3. The molecule has 1 aromatic rings. The van der Waals surface area contributed by atoms with Gasteiger partial charge in [-0.05, 0) is 55.9 Å². The minimum absolute atomic E-state index is 0.124. The fourth-order valence-corrected chi connectivity index (χ4v) is 3.50. The molecule has 1 unspecified atom stereocenters. The first-order chi connectivity index (χ1) is 9.51. The van der Waals surface area contributed by atoms with Crippen LogP contribution in [0.3, 0.4) is 0 Å². The van der Waals surface area contributed by atoms with E-state index in [9.17, 15) is 13.2 Å². The SMILES string of the molecule is FC(F)(F)c1ccc(C2NCCC23CCNCC3)cn1. The standard InChI is InChI=1S/C14H18F3N3/c15-14(16,17)11-2-1-10(9-20-11)12-13(5-8-19-12)3-6-18-7-4-13/h1-2,9,12,18-19H,3-8H2. The second-order valence-corrected chi connectivity index (χ2v) is 5.72. The first kappa shape index (κ1) is 13.8. The van der Waals surface area contributed by atoms with Gasteiger partial charge in [0.2, 0.25) is 0 Å². The van der Waals surface area contributed by atoms with E-state index in [1.54, 1.807) is 6.07 Å². The molecule has 2 saturated heterocycles. The second kappa shape index (κ2) is 5.00. The number of nitrogens with zero attached hydrogens (tertiary/aromatic N) is 1. The topological polar surface area (TPSA) is 37.0 Å². The van der Waals surface area contributed by atoms with E-state index in [2.05, 4.69) is 15.6 Å². The highest BCUT2D eigenvalue weighted by Crippen LogP contribution is 2.47. The average molecular weight is 285 g/mol. The van der Waals surface area contributed by atoms with Gasteiger partial charge in [-0.1, -0.05) is 6.07 Å². The molecule has 3 rings (SSSR count). The summed E-state index contributed by atoms with van der Waals surface area (Å²) < 4.78 is 37.7. The summed E-state index contributed by atoms with van der Waals surface area (Å²) in [6, 6.07) is 2.78. The molecular weight excluding hydrogens is 267 g/mol. The lowest BCUT2D eigenvalue weighted by Gasteiger charge is -2.39. The zero-order valence-electron chi connectivity index (χ0n) is 11.1. The molecular formula is C14H18F3N3. The number of piperidine rings is 1. The van der Waals surface area contributed by atoms with E-state index in [4.69, 9.17) is 0 Å². The Labute approximate surface area is 116 Å². The normalized spacial score (nSPS) is 26.1. The molecule has 0 aromatic carbocycles. The van der Waals surface area contributed by atoms with E-state index in [0.717, 1.165) is 50.5 Å². The highest BCUT2D eigenvalue weighted by Gasteiger charge is 2.44. The molecule has 1 spiro atoms. The van der Waals surface area contributed by atoms with Crippen LogP contribution in [-0.4, -0.2) is 24.6 Å². The Morgan fingerprint density at radius 3 is 2.40 bits per heavy atom. The van der Waals surface area contributed by atoms with Crippen molar-refractivity contribution in [1.82, 2.24) is 15.6 Å². The van der Waals surface area contributed by atoms with Gasteiger partial charge in [-0.2, -0.15) is 13.2 Å². The number of rotatable bonds is 1. The summed E-state index contributed by atoms with van der Waals surface area (Å²) in [5.41, 5.74) is 0.225. The number of halogens is 3. The summed E-state index contributed by atoms with van der Waals surface area (Å²) in [6.07, 6.45) is 0.224. The fourth-order valence-electron chi connectivity index (χ4n) is 3.50. The summed E-state index contributed by atoms with van der Waals surface area (Å²) >= 11 is 0. The van der Waals surface area contributed by atoms with Gasteiger partial charge in [0, 0.05) is 12.2 Å². The van der Waals surface area contributed by atoms with E-state index in [1.165, 1.54) is 6.20 Å². The third-order valence-electron chi connectivity index (χ3n) is 4.59. The van der Waals surface area contributed by atoms with Gasteiger partial charge >= 0.3 is 6.18 Å². The number of hydrogen-bond acceptors (Lipinski definition) is 3. The van der Waals surface area contributed by atoms with Crippen molar-refractivity contribution in [1.29, 1.82) is 0 Å². The zero-order chi connectivity index (χ0) is 14.2. The average Bonchev–Trinajstić information content (AvgIpc) is 2.82. The van der Waals surface area contributed by atoms with Gasteiger partial charge in [-0.15, -0.1) is 0 Å². The molecule has 110 valence electrons. The van der Waals surface area contributed by atoms with Crippen molar-refractivity contribution in [2.75, 3.05) is 19.6 Å². The van der Waals surface area contributed by atoms with Crippen LogP contribution in [0.1, 0.15) is 36.6 Å². The molecule has 0 aliphatic carbocycles. The van der Waals surface area contributed by atoms with E-state index < -0.39 is 11.9 Å². The lowest BCUT2D eigenvalue weighted by Crippen LogP contribution is -2.40. The van der Waals surface area contributed by atoms with Crippen LogP contribution < -0.4 is 10.6 Å². The lowest BCUT2D eigenvalue weighted by atomic mass is 9.71. The molecule has 1 aromatic heterocycles. The summed E-state index contributed by atoms with van der Waals surface area (Å²) in [4.78, 5) is 3.59. The Morgan fingerprint density at radius 2 is 1.80 bits per heavy atom. The third-order valence-corrected chi connectivity index (χ3v) is 4.59. The smallest absolute Gasteiger partial charge is 0.317 e. The Balaban J connectivity index is 1.84. The minimum Gasteiger partial charge on any atom is -0.317 e. The number of pyridine rings is 1. The Kier molecular flexibility index (Phi) is 3.46. The highest BCUT2D eigenvalue weighted by atomic mass is 19.4. The molecule has 0 saturated carbocycles. The molecule has 20 heavy (non-hydrogen) atoms. The number of aromatic nitrogens is 1. The third kappa shape index (κ3) is 2.42. The molecule has 3 nitrogen and oxygen atoms in total. The zero-order valence-corrected chi connectivity index (χ0v) is 11.1. The molecule has 2 aliphatic heterocycles. The van der Waals surface area contributed by atoms with Gasteiger partial charge in [-0.25, -0.2) is 0 Å². The van der Waals surface area contributed by atoms with Crippen molar-refractivity contribution in [3.63, 3.8) is 0 Å². The van der Waals surface area contributed by atoms with Gasteiger partial charge in [-0.3, -0.25) is 4.98 Å². The minimum atomic E-state index is -4.37. The van der Waals surface area contributed by atoms with Crippen LogP contribution in [0, 0.1) is 5.41 Å². The van der Waals surface area contributed by atoms with E-state index in [0.29, 0.717) is 0 Å². The van der Waals surface area contributed by atoms with Crippen LogP contribution in [0.5, 0.6) is 0 Å². The first-order valence-corrected chi connectivity index (χ1v) is 6.99. The largest absolute Gasteiger partial charge is 0.433 e. The van der Waals surface area contributed by atoms with Crippen molar-refractivity contribution in [2.24, 2.45) is 5.41 Å². The number of nitrogens with one attached hydrogen (secondary N) is 2. The van der Waals surface area contributed by atoms with Crippen LogP contribution in [0.15, 0.2) is 18.3 Å². The molecule has 3 heterocycles. The summed E-state index contributed by atoms with van der Waals surface area (Å²) in [6.45, 7) is 2.88. The van der Waals surface area contributed by atoms with Crippen LogP contribution in [0.4, 0.5) is 13.2 Å². The molecule has 0 radical (unpaired) electrons. The maximum absolute atomic E-state index is 12.6. The van der Waals surface area contributed by atoms with Crippen molar-refractivity contribution in [2.45, 2.75) is 31.5 Å². The lowest BCUT2D eigenvalue weighted by molar-refractivity contribution is -0.141. The molecule has 2 fully saturated rings. The highest BCUT2D eigenvalue weighted by molar-refractivity contribution is 5.23. The van der Waals surface area contributed by atoms with Gasteiger partial charge in [0.25, 0.3) is 0 Å². The van der Waals surface area contributed by atoms with Gasteiger partial charge in [0.1, 0.15) is 5.69 Å². The predicted molar refractivity (Wildman–Crippen MR) is 69.1 cm³/mol. The molecule has 2 aliphatic rings. The Morgan fingerprint density at radius 1 is 1.10 bits per heavy atom. The molecule has 0 bridgehead atoms. The van der Waals surface area contributed by atoms with Gasteiger partial charge < -0.3 is 10.6 Å². The van der Waals surface area contributed by atoms with Gasteiger partial charge in [0.15, 0.2) is 0 Å². The fraction of sp³-hybridized carbons (Fsp3) is 0.643. The second-order valence-electron chi connectivity index (χ2n) is 5.72. The van der Waals surface area contributed by atoms with Gasteiger partial charge in [0.05, 0.1) is 0 Å². The van der Waals surface area contributed by atoms with Crippen LogP contribution in [-0.2, 0) is 6.18 Å². The monoisotopic (exact) mass is 285 g/mol. The maximum atomic E-state index is 12.6. The summed E-state index contributed by atoms with van der Waals surface area (Å²) in [5, 5.41) is 6.79. The van der Waals surface area contributed by atoms with E-state index >= 15 is 0 Å². The van der Waals surface area contributed by atoms with Crippen LogP contribution >= 0.6 is 0 Å². The van der Waals surface area contributed by atoms with E-state index in [1.807, 2.05) is 0 Å². The quantitative estimate of drug-likeness (QED) is 0.832. The van der Waals surface area contributed by atoms with E-state index in [-0.39, 0.29) is 11.5 Å². The predicted octanol–water partition coefficient (Wildman–Crippen LogP) is 2.50. The molecule has 2 N–H and O–H groups in total. The molecule has 6 heteroatoms. The van der Waals surface area contributed by atoms with Crippen molar-refractivity contribution in [3.05, 3.63) is 29.6 Å². The Hall–Kier alpha value is -1.14. The molecule has 1 atom stereocenters. The first-order valence-electron chi connectivity index (χ1n) is 6.99. The van der Waals surface area contributed by atoms with Crippen molar-refractivity contribution >= 4 is 0 Å². The van der Waals surface area contributed by atoms with Crippen LogP contribution in [0.25, 0.3) is 0 Å². The molecule has 0 amide bonds. The van der Waals surface area contributed by atoms with Crippen LogP contribution in [0.2, 0.25) is 0 Å². The summed E-state index contributed by atoms with van der Waals surface area (Å²) in [7, 11) is 0. The van der Waals surface area contributed by atoms with Crippen molar-refractivity contribution in [3.8, 4) is 0 Å². The number of hydrogen-bond donors (Lipinski definition) is 2. The maximum Gasteiger partial charge on any atom is 0.433 e. The Bertz CT molecular complexity index is 464. The summed E-state index contributed by atoms with van der Waals surface area (Å²) in [5.74, 6) is 0. The van der Waals surface area contributed by atoms with Crippen molar-refractivity contribution < 1.29 is 13.2 Å².